The van der Waals surface area contributed by atoms with Crippen molar-refractivity contribution in [3.8, 4) is 0 Å². The minimum Gasteiger partial charge on any atom is -0.458 e. The van der Waals surface area contributed by atoms with Crippen LogP contribution >= 0.6 is 11.6 Å². The van der Waals surface area contributed by atoms with Crippen LogP contribution in [0.15, 0.2) is 0 Å². The van der Waals surface area contributed by atoms with Gasteiger partial charge in [-0.25, -0.2) is 14.8 Å². The van der Waals surface area contributed by atoms with Crippen LogP contribution in [0.1, 0.15) is 101 Å². The average molecular weight is 426 g/mol. The van der Waals surface area contributed by atoms with E-state index in [0.29, 0.717) is 18.3 Å². The average Bonchev–Trinajstić information content (AvgIpc) is 3.56. The van der Waals surface area contributed by atoms with Gasteiger partial charge >= 0.3 is 5.97 Å². The van der Waals surface area contributed by atoms with Crippen molar-refractivity contribution in [1.29, 1.82) is 0 Å². The summed E-state index contributed by atoms with van der Waals surface area (Å²) in [7, 11) is 0. The third-order valence-corrected chi connectivity index (χ3v) is 5.79. The standard InChI is InChI=1S/C22H36ClN3O3/c1-4-7-9-15(6-3)13-17(28-12-8-5-2)14-29-22(27)19-18(23)20(24)26-21(25-19)16-10-11-16/h15-17H,4-14H2,1-3H3,(H2,24,25,26). The Kier molecular flexibility index (Phi) is 10.2. The Labute approximate surface area is 179 Å². The predicted molar refractivity (Wildman–Crippen MR) is 116 cm³/mol. The zero-order chi connectivity index (χ0) is 21.2. The molecule has 0 spiro atoms. The first-order valence-electron chi connectivity index (χ1n) is 11.1. The van der Waals surface area contributed by atoms with Crippen molar-refractivity contribution in [2.24, 2.45) is 5.92 Å². The van der Waals surface area contributed by atoms with E-state index in [9.17, 15) is 4.79 Å². The summed E-state index contributed by atoms with van der Waals surface area (Å²) in [6, 6.07) is 0. The Morgan fingerprint density at radius 2 is 1.93 bits per heavy atom. The van der Waals surface area contributed by atoms with Crippen LogP contribution in [-0.4, -0.2) is 35.3 Å². The number of hydrogen-bond donors (Lipinski definition) is 1. The first-order valence-corrected chi connectivity index (χ1v) is 11.5. The van der Waals surface area contributed by atoms with E-state index in [2.05, 4.69) is 30.7 Å². The highest BCUT2D eigenvalue weighted by Crippen LogP contribution is 2.39. The number of rotatable bonds is 14. The molecule has 1 aromatic rings. The highest BCUT2D eigenvalue weighted by Gasteiger charge is 2.30. The van der Waals surface area contributed by atoms with Gasteiger partial charge in [-0.1, -0.05) is 64.5 Å². The molecule has 1 fully saturated rings. The molecule has 7 heteroatoms. The van der Waals surface area contributed by atoms with Crippen LogP contribution in [0.4, 0.5) is 5.82 Å². The number of carbonyl (C=O) groups is 1. The van der Waals surface area contributed by atoms with Gasteiger partial charge in [0.2, 0.25) is 0 Å². The Bertz CT molecular complexity index is 652. The lowest BCUT2D eigenvalue weighted by molar-refractivity contribution is -0.0201. The highest BCUT2D eigenvalue weighted by atomic mass is 35.5. The quantitative estimate of drug-likeness (QED) is 0.311. The zero-order valence-corrected chi connectivity index (χ0v) is 18.8. The second-order valence-corrected chi connectivity index (χ2v) is 8.38. The second-order valence-electron chi connectivity index (χ2n) is 8.00. The van der Waals surface area contributed by atoms with E-state index in [0.717, 1.165) is 38.5 Å². The molecule has 2 atom stereocenters. The van der Waals surface area contributed by atoms with E-state index in [1.165, 1.54) is 19.3 Å². The van der Waals surface area contributed by atoms with Gasteiger partial charge in [0.25, 0.3) is 0 Å². The van der Waals surface area contributed by atoms with Gasteiger partial charge in [-0.2, -0.15) is 0 Å². The van der Waals surface area contributed by atoms with Crippen LogP contribution in [0.3, 0.4) is 0 Å². The SMILES string of the molecule is CCCCOC(COC(=O)c1nc(C2CC2)nc(N)c1Cl)CC(CC)CCCC. The number of nitrogens with two attached hydrogens (primary N) is 1. The molecule has 0 saturated heterocycles. The number of unbranched alkanes of at least 4 members (excludes halogenated alkanes) is 2. The topological polar surface area (TPSA) is 87.3 Å². The fraction of sp³-hybridized carbons (Fsp3) is 0.773. The van der Waals surface area contributed by atoms with Gasteiger partial charge in [0.05, 0.1) is 6.10 Å². The molecule has 0 amide bonds. The Morgan fingerprint density at radius 1 is 1.21 bits per heavy atom. The summed E-state index contributed by atoms with van der Waals surface area (Å²) in [6.45, 7) is 7.42. The molecule has 0 radical (unpaired) electrons. The molecule has 164 valence electrons. The summed E-state index contributed by atoms with van der Waals surface area (Å²) in [5, 5.41) is 0.0669. The van der Waals surface area contributed by atoms with Crippen LogP contribution in [0.2, 0.25) is 5.02 Å². The Balaban J connectivity index is 2.00. The summed E-state index contributed by atoms with van der Waals surface area (Å²) in [5.74, 6) is 1.00. The number of nitrogens with zero attached hydrogens (tertiary/aromatic N) is 2. The Morgan fingerprint density at radius 3 is 2.55 bits per heavy atom. The molecule has 2 rings (SSSR count). The number of anilines is 1. The van der Waals surface area contributed by atoms with Crippen molar-refractivity contribution in [1.82, 2.24) is 9.97 Å². The molecule has 1 saturated carbocycles. The normalized spacial score (nSPS) is 15.9. The summed E-state index contributed by atoms with van der Waals surface area (Å²) >= 11 is 6.18. The smallest absolute Gasteiger partial charge is 0.358 e. The van der Waals surface area contributed by atoms with E-state index in [1.807, 2.05) is 0 Å². The molecular weight excluding hydrogens is 390 g/mol. The molecule has 0 bridgehead atoms. The molecule has 29 heavy (non-hydrogen) atoms. The maximum absolute atomic E-state index is 12.7. The molecular formula is C22H36ClN3O3. The predicted octanol–water partition coefficient (Wildman–Crippen LogP) is 5.54. The number of ether oxygens (including phenoxy) is 2. The van der Waals surface area contributed by atoms with Crippen molar-refractivity contribution >= 4 is 23.4 Å². The molecule has 0 aromatic carbocycles. The first-order chi connectivity index (χ1) is 14.0. The molecule has 1 aromatic heterocycles. The van der Waals surface area contributed by atoms with E-state index in [-0.39, 0.29) is 35.2 Å². The molecule has 2 N–H and O–H groups in total. The molecule has 2 unspecified atom stereocenters. The highest BCUT2D eigenvalue weighted by molar-refractivity contribution is 6.35. The van der Waals surface area contributed by atoms with Gasteiger partial charge in [0, 0.05) is 12.5 Å². The molecule has 0 aliphatic heterocycles. The van der Waals surface area contributed by atoms with Crippen molar-refractivity contribution in [2.75, 3.05) is 18.9 Å². The van der Waals surface area contributed by atoms with Crippen LogP contribution in [0.25, 0.3) is 0 Å². The summed E-state index contributed by atoms with van der Waals surface area (Å²) in [6.07, 6.45) is 9.53. The van der Waals surface area contributed by atoms with Crippen molar-refractivity contribution in [2.45, 2.75) is 90.6 Å². The Hall–Kier alpha value is -1.40. The first kappa shape index (κ1) is 23.9. The third kappa shape index (κ3) is 7.74. The largest absolute Gasteiger partial charge is 0.458 e. The zero-order valence-electron chi connectivity index (χ0n) is 18.1. The monoisotopic (exact) mass is 425 g/mol. The van der Waals surface area contributed by atoms with Crippen molar-refractivity contribution < 1.29 is 14.3 Å². The molecule has 1 heterocycles. The number of nitrogen functional groups attached to an aromatic ring is 1. The minimum absolute atomic E-state index is 0.0615. The minimum atomic E-state index is -0.559. The number of halogens is 1. The molecule has 6 nitrogen and oxygen atoms in total. The summed E-state index contributed by atoms with van der Waals surface area (Å²) < 4.78 is 11.6. The van der Waals surface area contributed by atoms with Gasteiger partial charge in [-0.05, 0) is 31.6 Å². The van der Waals surface area contributed by atoms with E-state index >= 15 is 0 Å². The van der Waals surface area contributed by atoms with E-state index in [4.69, 9.17) is 26.8 Å². The van der Waals surface area contributed by atoms with Crippen LogP contribution in [0.5, 0.6) is 0 Å². The van der Waals surface area contributed by atoms with Gasteiger partial charge in [0.1, 0.15) is 23.3 Å². The van der Waals surface area contributed by atoms with E-state index in [1.54, 1.807) is 0 Å². The third-order valence-electron chi connectivity index (χ3n) is 5.42. The van der Waals surface area contributed by atoms with Gasteiger partial charge < -0.3 is 15.2 Å². The fourth-order valence-corrected chi connectivity index (χ4v) is 3.47. The van der Waals surface area contributed by atoms with Crippen molar-refractivity contribution in [3.05, 3.63) is 16.5 Å². The van der Waals surface area contributed by atoms with E-state index < -0.39 is 5.97 Å². The number of carbonyl (C=O) groups excluding carboxylic acids is 1. The van der Waals surface area contributed by atoms with Gasteiger partial charge in [-0.3, -0.25) is 0 Å². The number of aromatic nitrogens is 2. The fourth-order valence-electron chi connectivity index (χ4n) is 3.31. The van der Waals surface area contributed by atoms with Crippen LogP contribution in [-0.2, 0) is 9.47 Å². The van der Waals surface area contributed by atoms with Crippen molar-refractivity contribution in [3.63, 3.8) is 0 Å². The number of hydrogen-bond acceptors (Lipinski definition) is 6. The second kappa shape index (κ2) is 12.3. The summed E-state index contributed by atoms with van der Waals surface area (Å²) in [4.78, 5) is 21.2. The van der Waals surface area contributed by atoms with Gasteiger partial charge in [-0.15, -0.1) is 0 Å². The van der Waals surface area contributed by atoms with Crippen LogP contribution in [0, 0.1) is 5.92 Å². The van der Waals surface area contributed by atoms with Crippen LogP contribution < -0.4 is 5.73 Å². The molecule has 1 aliphatic rings. The lowest BCUT2D eigenvalue weighted by atomic mass is 9.93. The maximum atomic E-state index is 12.7. The number of esters is 1. The lowest BCUT2D eigenvalue weighted by Crippen LogP contribution is -2.26. The molecule has 1 aliphatic carbocycles. The summed E-state index contributed by atoms with van der Waals surface area (Å²) in [5.41, 5.74) is 5.94. The van der Waals surface area contributed by atoms with Gasteiger partial charge in [0.15, 0.2) is 5.69 Å². The lowest BCUT2D eigenvalue weighted by Gasteiger charge is -2.23. The maximum Gasteiger partial charge on any atom is 0.358 e.